The quantitative estimate of drug-likeness (QED) is 0.749. The number of dihydropyridines is 1. The van der Waals surface area contributed by atoms with Crippen LogP contribution >= 0.6 is 15.9 Å². The van der Waals surface area contributed by atoms with Crippen LogP contribution in [-0.4, -0.2) is 42.1 Å². The van der Waals surface area contributed by atoms with Crippen molar-refractivity contribution in [3.63, 3.8) is 0 Å². The third-order valence-corrected chi connectivity index (χ3v) is 5.21. The monoisotopic (exact) mass is 412 g/mol. The summed E-state index contributed by atoms with van der Waals surface area (Å²) in [6.07, 6.45) is 8.89. The molecule has 1 fully saturated rings. The fourth-order valence-corrected chi connectivity index (χ4v) is 3.55. The van der Waals surface area contributed by atoms with Crippen molar-refractivity contribution >= 4 is 33.5 Å². The number of allylic oxidation sites excluding steroid dienone is 3. The number of halogens is 1. The lowest BCUT2D eigenvalue weighted by molar-refractivity contribution is -0.132. The first-order valence-electron chi connectivity index (χ1n) is 8.47. The summed E-state index contributed by atoms with van der Waals surface area (Å²) in [5.41, 5.74) is 2.04. The van der Waals surface area contributed by atoms with Gasteiger partial charge in [0.2, 0.25) is 0 Å². The Hall–Kier alpha value is -2.31. The van der Waals surface area contributed by atoms with Gasteiger partial charge in [-0.25, -0.2) is 4.99 Å². The molecular weight excluding hydrogens is 396 g/mol. The van der Waals surface area contributed by atoms with Crippen molar-refractivity contribution in [3.05, 3.63) is 70.3 Å². The number of carbonyl (C=O) groups excluding carboxylic acids is 2. The van der Waals surface area contributed by atoms with Crippen LogP contribution in [0.2, 0.25) is 0 Å². The highest BCUT2D eigenvalue weighted by molar-refractivity contribution is 9.10. The van der Waals surface area contributed by atoms with Gasteiger partial charge in [0.25, 0.3) is 11.8 Å². The molecule has 2 aliphatic heterocycles. The zero-order valence-electron chi connectivity index (χ0n) is 14.0. The second-order valence-electron chi connectivity index (χ2n) is 6.36. The van der Waals surface area contributed by atoms with E-state index in [1.807, 2.05) is 42.5 Å². The predicted molar refractivity (Wildman–Crippen MR) is 102 cm³/mol. The van der Waals surface area contributed by atoms with Crippen LogP contribution in [0.4, 0.5) is 0 Å². The Morgan fingerprint density at radius 3 is 2.85 bits per heavy atom. The van der Waals surface area contributed by atoms with Gasteiger partial charge in [0.15, 0.2) is 0 Å². The summed E-state index contributed by atoms with van der Waals surface area (Å²) in [6, 6.07) is 7.87. The van der Waals surface area contributed by atoms with E-state index in [0.29, 0.717) is 19.7 Å². The molecule has 1 aliphatic carbocycles. The van der Waals surface area contributed by atoms with Gasteiger partial charge in [-0.05, 0) is 29.3 Å². The summed E-state index contributed by atoms with van der Waals surface area (Å²) in [6.45, 7) is 1.38. The molecule has 2 heterocycles. The van der Waals surface area contributed by atoms with Gasteiger partial charge in [0.1, 0.15) is 11.8 Å². The molecule has 1 aromatic rings. The summed E-state index contributed by atoms with van der Waals surface area (Å²) >= 11 is 3.42. The molecule has 2 amide bonds. The maximum atomic E-state index is 12.9. The number of morpholine rings is 1. The second-order valence-corrected chi connectivity index (χ2v) is 7.28. The molecule has 6 heteroatoms. The van der Waals surface area contributed by atoms with Gasteiger partial charge in [-0.2, -0.15) is 0 Å². The fourth-order valence-electron chi connectivity index (χ4n) is 3.28. The van der Waals surface area contributed by atoms with E-state index in [2.05, 4.69) is 20.9 Å². The van der Waals surface area contributed by atoms with E-state index in [9.17, 15) is 9.59 Å². The summed E-state index contributed by atoms with van der Waals surface area (Å²) in [4.78, 5) is 30.9. The fraction of sp³-hybridized carbons (Fsp3) is 0.250. The molecule has 5 nitrogen and oxygen atoms in total. The zero-order chi connectivity index (χ0) is 18.1. The maximum Gasteiger partial charge on any atom is 0.272 e. The van der Waals surface area contributed by atoms with Crippen molar-refractivity contribution in [2.75, 3.05) is 19.7 Å². The number of carbonyl (C=O) groups is 2. The Labute approximate surface area is 159 Å². The molecule has 3 aliphatic rings. The molecule has 26 heavy (non-hydrogen) atoms. The zero-order valence-corrected chi connectivity index (χ0v) is 15.6. The van der Waals surface area contributed by atoms with E-state index in [4.69, 9.17) is 4.74 Å². The molecule has 1 aromatic carbocycles. The normalized spacial score (nSPS) is 24.8. The van der Waals surface area contributed by atoms with Gasteiger partial charge in [-0.15, -0.1) is 0 Å². The first-order chi connectivity index (χ1) is 12.6. The molecule has 2 atom stereocenters. The third kappa shape index (κ3) is 3.34. The highest BCUT2D eigenvalue weighted by Crippen LogP contribution is 2.26. The molecule has 0 spiro atoms. The van der Waals surface area contributed by atoms with Gasteiger partial charge in [0, 0.05) is 11.0 Å². The third-order valence-electron chi connectivity index (χ3n) is 4.68. The molecule has 0 radical (unpaired) electrons. The van der Waals surface area contributed by atoms with E-state index in [1.165, 1.54) is 0 Å². The number of amides is 2. The van der Waals surface area contributed by atoms with Crippen molar-refractivity contribution in [1.82, 2.24) is 4.90 Å². The second kappa shape index (κ2) is 7.13. The van der Waals surface area contributed by atoms with Gasteiger partial charge < -0.3 is 9.64 Å². The average Bonchev–Trinajstić information content (AvgIpc) is 2.68. The Bertz CT molecular complexity index is 868. The van der Waals surface area contributed by atoms with Crippen LogP contribution in [0, 0.1) is 5.92 Å². The van der Waals surface area contributed by atoms with Crippen molar-refractivity contribution < 1.29 is 14.3 Å². The average molecular weight is 413 g/mol. The summed E-state index contributed by atoms with van der Waals surface area (Å²) in [5.74, 6) is -0.876. The number of hydrogen-bond donors (Lipinski definition) is 0. The van der Waals surface area contributed by atoms with Crippen LogP contribution in [0.5, 0.6) is 0 Å². The highest BCUT2D eigenvalue weighted by atomic mass is 79.9. The van der Waals surface area contributed by atoms with Gasteiger partial charge >= 0.3 is 0 Å². The van der Waals surface area contributed by atoms with Gasteiger partial charge in [0.05, 0.1) is 19.1 Å². The molecule has 2 unspecified atom stereocenters. The lowest BCUT2D eigenvalue weighted by Crippen LogP contribution is -2.45. The Morgan fingerprint density at radius 1 is 1.23 bits per heavy atom. The first-order valence-corrected chi connectivity index (χ1v) is 9.26. The minimum Gasteiger partial charge on any atom is -0.370 e. The highest BCUT2D eigenvalue weighted by Gasteiger charge is 2.31. The topological polar surface area (TPSA) is 59.0 Å². The number of rotatable bonds is 2. The van der Waals surface area contributed by atoms with Crippen LogP contribution in [-0.2, 0) is 14.3 Å². The summed E-state index contributed by atoms with van der Waals surface area (Å²) < 4.78 is 6.82. The largest absolute Gasteiger partial charge is 0.370 e. The number of nitrogens with zero attached hydrogens (tertiary/aromatic N) is 2. The van der Waals surface area contributed by atoms with Crippen LogP contribution in [0.15, 0.2) is 69.7 Å². The number of hydrogen-bond acceptors (Lipinski definition) is 3. The molecule has 1 saturated heterocycles. The van der Waals surface area contributed by atoms with Crippen molar-refractivity contribution in [2.45, 2.75) is 6.10 Å². The van der Waals surface area contributed by atoms with Gasteiger partial charge in [-0.1, -0.05) is 52.4 Å². The van der Waals surface area contributed by atoms with Crippen LogP contribution in [0.3, 0.4) is 0 Å². The van der Waals surface area contributed by atoms with Crippen molar-refractivity contribution in [3.8, 4) is 0 Å². The molecule has 0 saturated carbocycles. The minimum atomic E-state index is -0.364. The van der Waals surface area contributed by atoms with Crippen molar-refractivity contribution in [2.24, 2.45) is 10.9 Å². The van der Waals surface area contributed by atoms with Crippen molar-refractivity contribution in [1.29, 1.82) is 0 Å². The smallest absolute Gasteiger partial charge is 0.272 e. The maximum absolute atomic E-state index is 12.9. The van der Waals surface area contributed by atoms with E-state index in [-0.39, 0.29) is 29.5 Å². The number of fused-ring (bicyclic) bond motifs is 1. The number of aliphatic imine (C=N–C) groups is 1. The first kappa shape index (κ1) is 17.1. The minimum absolute atomic E-state index is 0.182. The molecule has 0 bridgehead atoms. The van der Waals surface area contributed by atoms with E-state index in [1.54, 1.807) is 17.1 Å². The van der Waals surface area contributed by atoms with Crippen LogP contribution < -0.4 is 0 Å². The van der Waals surface area contributed by atoms with E-state index >= 15 is 0 Å². The molecular formula is C20H17BrN2O3. The lowest BCUT2D eigenvalue weighted by Gasteiger charge is -2.33. The standard InChI is InChI=1S/C20H17BrN2O3/c21-15-7-5-13(6-8-15)18-12-23(9-10-26-18)20(25)17-11-14-3-1-2-4-16(14)19(24)22-17/h1-8,11,16,18H,9-10,12H2. The van der Waals surface area contributed by atoms with E-state index in [0.717, 1.165) is 15.6 Å². The molecule has 0 N–H and O–H groups in total. The summed E-state index contributed by atoms with van der Waals surface area (Å²) in [5, 5.41) is 0. The van der Waals surface area contributed by atoms with E-state index < -0.39 is 0 Å². The molecule has 4 rings (SSSR count). The van der Waals surface area contributed by atoms with Crippen LogP contribution in [0.1, 0.15) is 11.7 Å². The SMILES string of the molecule is O=C1N=C(C(=O)N2CCOC(c3ccc(Br)cc3)C2)C=C2C=CC=CC12. The van der Waals surface area contributed by atoms with Crippen LogP contribution in [0.25, 0.3) is 0 Å². The Morgan fingerprint density at radius 2 is 2.04 bits per heavy atom. The summed E-state index contributed by atoms with van der Waals surface area (Å²) in [7, 11) is 0. The molecule has 132 valence electrons. The van der Waals surface area contributed by atoms with Gasteiger partial charge in [-0.3, -0.25) is 9.59 Å². The molecule has 0 aromatic heterocycles. The lowest BCUT2D eigenvalue weighted by atomic mass is 9.90. The Kier molecular flexibility index (Phi) is 4.70. The predicted octanol–water partition coefficient (Wildman–Crippen LogP) is 3.00. The number of benzene rings is 1. The number of ether oxygens (including phenoxy) is 1. The Balaban J connectivity index is 1.52.